The molecule has 0 aromatic carbocycles. The van der Waals surface area contributed by atoms with Crippen LogP contribution >= 0.6 is 0 Å². The molecule has 0 atom stereocenters. The largest absolute Gasteiger partial charge is 0.497 e. The van der Waals surface area contributed by atoms with Gasteiger partial charge in [0.15, 0.2) is 0 Å². The lowest BCUT2D eigenvalue weighted by Gasteiger charge is -2.10. The molecular formula is C8H6O2Si. The second-order valence-electron chi connectivity index (χ2n) is 1.71. The van der Waals surface area contributed by atoms with Crippen molar-refractivity contribution in [3.05, 3.63) is 0 Å². The molecule has 0 spiro atoms. The first kappa shape index (κ1) is 9.37. The van der Waals surface area contributed by atoms with E-state index >= 15 is 0 Å². The van der Waals surface area contributed by atoms with E-state index in [-0.39, 0.29) is 0 Å². The van der Waals surface area contributed by atoms with E-state index < -0.39 is 14.3 Å². The van der Waals surface area contributed by atoms with E-state index in [1.807, 2.05) is 0 Å². The maximum atomic E-state index is 10.5. The average Bonchev–Trinajstić information content (AvgIpc) is 2.00. The highest BCUT2D eigenvalue weighted by atomic mass is 28.4. The fraction of sp³-hybridized carbons (Fsp3) is 0.125. The van der Waals surface area contributed by atoms with E-state index in [0.717, 1.165) is 0 Å². The van der Waals surface area contributed by atoms with Crippen molar-refractivity contribution in [3.8, 4) is 35.9 Å². The standard InChI is InChI=1S/C8H6O2Si/c1-5-11(6-2,7-3)10-8(4)9/h1-3H,4H3. The van der Waals surface area contributed by atoms with Crippen LogP contribution in [0.25, 0.3) is 0 Å². The first-order valence-corrected chi connectivity index (χ1v) is 4.64. The highest BCUT2D eigenvalue weighted by Crippen LogP contribution is 1.99. The Kier molecular flexibility index (Phi) is 2.99. The predicted octanol–water partition coefficient (Wildman–Crippen LogP) is 0.0122. The minimum atomic E-state index is -3.05. The van der Waals surface area contributed by atoms with Crippen molar-refractivity contribution in [1.29, 1.82) is 0 Å². The van der Waals surface area contributed by atoms with Gasteiger partial charge < -0.3 is 4.43 Å². The lowest BCUT2D eigenvalue weighted by atomic mass is 10.9. The zero-order valence-corrected chi connectivity index (χ0v) is 7.05. The minimum absolute atomic E-state index is 0.537. The lowest BCUT2D eigenvalue weighted by molar-refractivity contribution is -0.132. The zero-order chi connectivity index (χ0) is 8.91. The number of carbonyl (C=O) groups excluding carboxylic acids is 1. The van der Waals surface area contributed by atoms with Gasteiger partial charge in [0, 0.05) is 6.92 Å². The Morgan fingerprint density at radius 2 is 1.64 bits per heavy atom. The van der Waals surface area contributed by atoms with Crippen LogP contribution in [0.3, 0.4) is 0 Å². The summed E-state index contributed by atoms with van der Waals surface area (Å²) in [5.41, 5.74) is 6.51. The Morgan fingerprint density at radius 1 is 1.27 bits per heavy atom. The summed E-state index contributed by atoms with van der Waals surface area (Å²) >= 11 is 0. The topological polar surface area (TPSA) is 26.3 Å². The van der Waals surface area contributed by atoms with E-state index in [2.05, 4.69) is 21.1 Å². The SMILES string of the molecule is C#C[Si](C#C)(C#C)OC(C)=O. The van der Waals surface area contributed by atoms with Crippen LogP contribution in [-0.4, -0.2) is 14.3 Å². The summed E-state index contributed by atoms with van der Waals surface area (Å²) in [6.45, 7) is 1.22. The van der Waals surface area contributed by atoms with Gasteiger partial charge in [-0.2, -0.15) is 0 Å². The summed E-state index contributed by atoms with van der Waals surface area (Å²) in [6, 6.07) is 0. The Bertz CT molecular complexity index is 249. The molecule has 0 aromatic rings. The number of carbonyl (C=O) groups is 1. The molecule has 0 fully saturated rings. The van der Waals surface area contributed by atoms with Crippen LogP contribution in [0.5, 0.6) is 0 Å². The van der Waals surface area contributed by atoms with E-state index in [1.54, 1.807) is 0 Å². The van der Waals surface area contributed by atoms with E-state index in [0.29, 0.717) is 0 Å². The van der Waals surface area contributed by atoms with E-state index in [4.69, 9.17) is 19.3 Å². The number of hydrogen-bond acceptors (Lipinski definition) is 2. The molecule has 0 bridgehead atoms. The molecule has 0 amide bonds. The Balaban J connectivity index is 4.68. The fourth-order valence-electron chi connectivity index (χ4n) is 0.429. The molecule has 0 N–H and O–H groups in total. The highest BCUT2D eigenvalue weighted by Gasteiger charge is 2.32. The number of hydrogen-bond donors (Lipinski definition) is 0. The van der Waals surface area contributed by atoms with Gasteiger partial charge in [-0.05, 0) is 0 Å². The molecule has 0 saturated carbocycles. The number of terminal acetylenes is 3. The van der Waals surface area contributed by atoms with Crippen molar-refractivity contribution >= 4 is 14.3 Å². The van der Waals surface area contributed by atoms with Crippen LogP contribution in [-0.2, 0) is 9.22 Å². The third-order valence-corrected chi connectivity index (χ3v) is 2.72. The van der Waals surface area contributed by atoms with Gasteiger partial charge in [-0.25, -0.2) is 0 Å². The molecule has 0 aliphatic rings. The van der Waals surface area contributed by atoms with Gasteiger partial charge in [0.05, 0.1) is 0 Å². The summed E-state index contributed by atoms with van der Waals surface area (Å²) in [4.78, 5) is 10.5. The third kappa shape index (κ3) is 2.22. The fourth-order valence-corrected chi connectivity index (χ4v) is 1.29. The first-order chi connectivity index (χ1) is 5.10. The van der Waals surface area contributed by atoms with Crippen molar-refractivity contribution in [2.45, 2.75) is 6.92 Å². The minimum Gasteiger partial charge on any atom is -0.487 e. The summed E-state index contributed by atoms with van der Waals surface area (Å²) < 4.78 is 4.68. The molecule has 2 nitrogen and oxygen atoms in total. The molecule has 0 aliphatic heterocycles. The highest BCUT2D eigenvalue weighted by molar-refractivity contribution is 6.96. The lowest BCUT2D eigenvalue weighted by Crippen LogP contribution is -2.36. The van der Waals surface area contributed by atoms with Gasteiger partial charge in [-0.15, -0.1) is 19.3 Å². The summed E-state index contributed by atoms with van der Waals surface area (Å²) in [6.07, 6.45) is 15.1. The Morgan fingerprint density at radius 3 is 1.73 bits per heavy atom. The predicted molar refractivity (Wildman–Crippen MR) is 44.0 cm³/mol. The molecule has 11 heavy (non-hydrogen) atoms. The molecule has 0 rings (SSSR count). The van der Waals surface area contributed by atoms with Gasteiger partial charge >= 0.3 is 8.32 Å². The van der Waals surface area contributed by atoms with Crippen molar-refractivity contribution in [2.24, 2.45) is 0 Å². The summed E-state index contributed by atoms with van der Waals surface area (Å²) in [5, 5.41) is 0. The van der Waals surface area contributed by atoms with Gasteiger partial charge in [0.25, 0.3) is 5.97 Å². The Hall–Kier alpha value is -1.63. The molecule has 0 heterocycles. The summed E-state index contributed by atoms with van der Waals surface area (Å²) in [5.74, 6) is -0.537. The maximum absolute atomic E-state index is 10.5. The zero-order valence-electron chi connectivity index (χ0n) is 6.05. The van der Waals surface area contributed by atoms with E-state index in [1.165, 1.54) is 6.92 Å². The van der Waals surface area contributed by atoms with Crippen LogP contribution in [0.2, 0.25) is 0 Å². The van der Waals surface area contributed by atoms with Crippen molar-refractivity contribution in [2.75, 3.05) is 0 Å². The van der Waals surface area contributed by atoms with Crippen LogP contribution in [0.4, 0.5) is 0 Å². The molecule has 0 saturated heterocycles. The molecule has 0 unspecified atom stereocenters. The maximum Gasteiger partial charge on any atom is 0.497 e. The summed E-state index contributed by atoms with van der Waals surface area (Å²) in [7, 11) is -3.05. The monoisotopic (exact) mass is 162 g/mol. The normalized spacial score (nSPS) is 8.55. The van der Waals surface area contributed by atoms with Gasteiger partial charge in [0.2, 0.25) is 0 Å². The van der Waals surface area contributed by atoms with Crippen LogP contribution in [0.1, 0.15) is 6.92 Å². The molecule has 0 aromatic heterocycles. The second kappa shape index (κ2) is 3.51. The van der Waals surface area contributed by atoms with Crippen LogP contribution < -0.4 is 0 Å². The molecule has 3 heteroatoms. The second-order valence-corrected chi connectivity index (χ2v) is 4.14. The number of rotatable bonds is 1. The first-order valence-electron chi connectivity index (χ1n) is 2.73. The molecule has 0 radical (unpaired) electrons. The van der Waals surface area contributed by atoms with Crippen molar-refractivity contribution < 1.29 is 9.22 Å². The van der Waals surface area contributed by atoms with Gasteiger partial charge in [-0.3, -0.25) is 4.79 Å². The van der Waals surface area contributed by atoms with Gasteiger partial charge in [-0.1, -0.05) is 16.6 Å². The van der Waals surface area contributed by atoms with Crippen molar-refractivity contribution in [1.82, 2.24) is 0 Å². The van der Waals surface area contributed by atoms with Crippen molar-refractivity contribution in [3.63, 3.8) is 0 Å². The third-order valence-electron chi connectivity index (χ3n) is 0.907. The average molecular weight is 162 g/mol. The van der Waals surface area contributed by atoms with Crippen LogP contribution in [0, 0.1) is 35.9 Å². The molecule has 54 valence electrons. The van der Waals surface area contributed by atoms with Gasteiger partial charge in [0.1, 0.15) is 0 Å². The van der Waals surface area contributed by atoms with E-state index in [9.17, 15) is 4.79 Å². The van der Waals surface area contributed by atoms with Crippen LogP contribution in [0.15, 0.2) is 0 Å². The molecule has 0 aliphatic carbocycles. The molecular weight excluding hydrogens is 156 g/mol. The Labute approximate surface area is 67.1 Å². The quantitative estimate of drug-likeness (QED) is 0.401. The smallest absolute Gasteiger partial charge is 0.487 e.